The lowest BCUT2D eigenvalue weighted by atomic mass is 10.2. The normalized spacial score (nSPS) is 10.1. The molecule has 2 N–H and O–H groups in total. The van der Waals surface area contributed by atoms with Crippen LogP contribution >= 0.6 is 11.8 Å². The number of rotatable bonds is 4. The predicted molar refractivity (Wildman–Crippen MR) is 79.1 cm³/mol. The molecule has 0 atom stereocenters. The summed E-state index contributed by atoms with van der Waals surface area (Å²) in [4.78, 5) is 24.0. The zero-order valence-corrected chi connectivity index (χ0v) is 12.1. The lowest BCUT2D eigenvalue weighted by molar-refractivity contribution is -0.119. The van der Waals surface area contributed by atoms with E-state index in [1.807, 2.05) is 0 Å². The van der Waals surface area contributed by atoms with Crippen molar-refractivity contribution in [2.45, 2.75) is 4.90 Å². The minimum absolute atomic E-state index is 0.0648. The predicted octanol–water partition coefficient (Wildman–Crippen LogP) is 2.52. The molecule has 4 nitrogen and oxygen atoms in total. The van der Waals surface area contributed by atoms with E-state index in [-0.39, 0.29) is 17.1 Å². The highest BCUT2D eigenvalue weighted by molar-refractivity contribution is 8.00. The topological polar surface area (TPSA) is 58.2 Å². The van der Waals surface area contributed by atoms with E-state index >= 15 is 0 Å². The maximum absolute atomic E-state index is 12.7. The molecule has 0 radical (unpaired) electrons. The van der Waals surface area contributed by atoms with Crippen LogP contribution in [0, 0.1) is 11.6 Å². The average molecular weight is 322 g/mol. The van der Waals surface area contributed by atoms with Gasteiger partial charge < -0.3 is 0 Å². The molecule has 7 heteroatoms. The van der Waals surface area contributed by atoms with E-state index in [2.05, 4.69) is 10.9 Å². The van der Waals surface area contributed by atoms with Crippen LogP contribution in [0.2, 0.25) is 0 Å². The summed E-state index contributed by atoms with van der Waals surface area (Å²) in [5.74, 6) is -1.68. The SMILES string of the molecule is O=C(CSc1ccc(F)cc1)NNC(=O)c1ccc(F)cc1. The largest absolute Gasteiger partial charge is 0.272 e. The lowest BCUT2D eigenvalue weighted by Gasteiger charge is -2.07. The van der Waals surface area contributed by atoms with Crippen molar-refractivity contribution >= 4 is 23.6 Å². The number of carbonyl (C=O) groups excluding carboxylic acids is 2. The number of hydrazine groups is 1. The minimum atomic E-state index is -0.542. The Kier molecular flexibility index (Phi) is 5.48. The van der Waals surface area contributed by atoms with Crippen molar-refractivity contribution in [3.63, 3.8) is 0 Å². The maximum Gasteiger partial charge on any atom is 0.269 e. The molecule has 0 aliphatic rings. The molecule has 114 valence electrons. The molecule has 2 rings (SSSR count). The first kappa shape index (κ1) is 16.0. The van der Waals surface area contributed by atoms with E-state index in [1.165, 1.54) is 36.0 Å². The number of hydrogen-bond donors (Lipinski definition) is 2. The molecule has 0 aliphatic heterocycles. The highest BCUT2D eigenvalue weighted by atomic mass is 32.2. The summed E-state index contributed by atoms with van der Waals surface area (Å²) in [7, 11) is 0. The van der Waals surface area contributed by atoms with Gasteiger partial charge in [0.15, 0.2) is 0 Å². The zero-order chi connectivity index (χ0) is 15.9. The van der Waals surface area contributed by atoms with Crippen molar-refractivity contribution in [3.05, 3.63) is 65.7 Å². The molecule has 0 heterocycles. The van der Waals surface area contributed by atoms with Gasteiger partial charge in [0, 0.05) is 10.5 Å². The highest BCUT2D eigenvalue weighted by Crippen LogP contribution is 2.17. The minimum Gasteiger partial charge on any atom is -0.272 e. The Hall–Kier alpha value is -2.41. The van der Waals surface area contributed by atoms with Crippen LogP contribution in [0.5, 0.6) is 0 Å². The van der Waals surface area contributed by atoms with Gasteiger partial charge in [0.1, 0.15) is 11.6 Å². The Morgan fingerprint density at radius 2 is 1.41 bits per heavy atom. The molecule has 0 aliphatic carbocycles. The van der Waals surface area contributed by atoms with E-state index in [9.17, 15) is 18.4 Å². The first-order valence-electron chi connectivity index (χ1n) is 6.28. The van der Waals surface area contributed by atoms with E-state index < -0.39 is 17.6 Å². The molecular formula is C15H12F2N2O2S. The van der Waals surface area contributed by atoms with Gasteiger partial charge in [-0.05, 0) is 48.5 Å². The van der Waals surface area contributed by atoms with Crippen LogP contribution in [0.15, 0.2) is 53.4 Å². The van der Waals surface area contributed by atoms with Crippen LogP contribution in [-0.2, 0) is 4.79 Å². The maximum atomic E-state index is 12.7. The summed E-state index contributed by atoms with van der Waals surface area (Å²) in [5.41, 5.74) is 4.71. The van der Waals surface area contributed by atoms with Gasteiger partial charge in [-0.1, -0.05) is 0 Å². The third-order valence-corrected chi connectivity index (χ3v) is 3.62. The number of halogens is 2. The molecule has 0 spiro atoms. The van der Waals surface area contributed by atoms with Gasteiger partial charge in [-0.2, -0.15) is 0 Å². The molecule has 0 bridgehead atoms. The summed E-state index contributed by atoms with van der Waals surface area (Å²) in [5, 5.41) is 0. The van der Waals surface area contributed by atoms with Gasteiger partial charge in [0.2, 0.25) is 5.91 Å². The third kappa shape index (κ3) is 4.85. The van der Waals surface area contributed by atoms with Gasteiger partial charge in [-0.15, -0.1) is 11.8 Å². The second-order valence-electron chi connectivity index (χ2n) is 4.25. The lowest BCUT2D eigenvalue weighted by Crippen LogP contribution is -2.42. The molecule has 2 amide bonds. The van der Waals surface area contributed by atoms with Gasteiger partial charge in [-0.25, -0.2) is 8.78 Å². The van der Waals surface area contributed by atoms with Crippen LogP contribution in [0.3, 0.4) is 0 Å². The molecule has 0 saturated heterocycles. The first-order valence-corrected chi connectivity index (χ1v) is 7.26. The van der Waals surface area contributed by atoms with Crippen molar-refractivity contribution < 1.29 is 18.4 Å². The molecule has 22 heavy (non-hydrogen) atoms. The number of carbonyl (C=O) groups is 2. The molecule has 0 saturated carbocycles. The fraction of sp³-hybridized carbons (Fsp3) is 0.0667. The number of hydrogen-bond acceptors (Lipinski definition) is 3. The van der Waals surface area contributed by atoms with E-state index in [0.29, 0.717) is 0 Å². The van der Waals surface area contributed by atoms with Crippen molar-refractivity contribution in [2.24, 2.45) is 0 Å². The summed E-state index contributed by atoms with van der Waals surface area (Å²) in [6, 6.07) is 10.7. The van der Waals surface area contributed by atoms with Crippen molar-refractivity contribution in [1.29, 1.82) is 0 Å². The quantitative estimate of drug-likeness (QED) is 0.672. The molecule has 0 fully saturated rings. The van der Waals surface area contributed by atoms with Gasteiger partial charge in [0.25, 0.3) is 5.91 Å². The number of amides is 2. The van der Waals surface area contributed by atoms with E-state index in [4.69, 9.17) is 0 Å². The van der Waals surface area contributed by atoms with Crippen LogP contribution < -0.4 is 10.9 Å². The smallest absolute Gasteiger partial charge is 0.269 e. The fourth-order valence-corrected chi connectivity index (χ4v) is 2.21. The summed E-state index contributed by atoms with van der Waals surface area (Å²) >= 11 is 1.21. The fourth-order valence-electron chi connectivity index (χ4n) is 1.52. The van der Waals surface area contributed by atoms with Crippen LogP contribution in [0.1, 0.15) is 10.4 Å². The molecule has 2 aromatic rings. The molecule has 0 aromatic heterocycles. The van der Waals surface area contributed by atoms with Crippen molar-refractivity contribution in [2.75, 3.05) is 5.75 Å². The summed E-state index contributed by atoms with van der Waals surface area (Å²) in [6.45, 7) is 0. The average Bonchev–Trinajstić information content (AvgIpc) is 2.52. The van der Waals surface area contributed by atoms with E-state index in [0.717, 1.165) is 17.0 Å². The van der Waals surface area contributed by atoms with Crippen molar-refractivity contribution in [3.8, 4) is 0 Å². The third-order valence-electron chi connectivity index (χ3n) is 2.61. The van der Waals surface area contributed by atoms with Gasteiger partial charge in [-0.3, -0.25) is 20.4 Å². The van der Waals surface area contributed by atoms with Crippen LogP contribution in [-0.4, -0.2) is 17.6 Å². The van der Waals surface area contributed by atoms with Crippen molar-refractivity contribution in [1.82, 2.24) is 10.9 Å². The molecular weight excluding hydrogens is 310 g/mol. The zero-order valence-electron chi connectivity index (χ0n) is 11.3. The Bertz CT molecular complexity index is 660. The number of nitrogens with one attached hydrogen (secondary N) is 2. The van der Waals surface area contributed by atoms with E-state index in [1.54, 1.807) is 12.1 Å². The second kappa shape index (κ2) is 7.56. The van der Waals surface area contributed by atoms with Gasteiger partial charge >= 0.3 is 0 Å². The van der Waals surface area contributed by atoms with Gasteiger partial charge in [0.05, 0.1) is 5.75 Å². The standard InChI is InChI=1S/C15H12F2N2O2S/c16-11-3-1-10(2-4-11)15(21)19-18-14(20)9-22-13-7-5-12(17)6-8-13/h1-8H,9H2,(H,18,20)(H,19,21). The second-order valence-corrected chi connectivity index (χ2v) is 5.30. The van der Waals surface area contributed by atoms with Crippen LogP contribution in [0.25, 0.3) is 0 Å². The Morgan fingerprint density at radius 3 is 2.00 bits per heavy atom. The molecule has 0 unspecified atom stereocenters. The molecule has 2 aromatic carbocycles. The highest BCUT2D eigenvalue weighted by Gasteiger charge is 2.08. The summed E-state index contributed by atoms with van der Waals surface area (Å²) in [6.07, 6.45) is 0. The van der Waals surface area contributed by atoms with Crippen LogP contribution in [0.4, 0.5) is 8.78 Å². The first-order chi connectivity index (χ1) is 10.5. The number of thioether (sulfide) groups is 1. The Morgan fingerprint density at radius 1 is 0.864 bits per heavy atom. The summed E-state index contributed by atoms with van der Waals surface area (Å²) < 4.78 is 25.4. The monoisotopic (exact) mass is 322 g/mol. The Balaban J connectivity index is 1.76. The Labute approximate surface area is 129 Å². The number of benzene rings is 2.